The van der Waals surface area contributed by atoms with Crippen molar-refractivity contribution >= 4 is 5.97 Å². The van der Waals surface area contributed by atoms with Gasteiger partial charge in [0.2, 0.25) is 0 Å². The third-order valence-corrected chi connectivity index (χ3v) is 3.11. The van der Waals surface area contributed by atoms with Gasteiger partial charge in [-0.2, -0.15) is 5.10 Å². The summed E-state index contributed by atoms with van der Waals surface area (Å²) < 4.78 is 1.55. The molecule has 1 aromatic heterocycles. The van der Waals surface area contributed by atoms with Crippen LogP contribution < -0.4 is 0 Å². The van der Waals surface area contributed by atoms with E-state index < -0.39 is 5.97 Å². The molecular formula is C13H12N2O2. The number of carbonyl (C=O) groups is 1. The number of aryl methyl sites for hydroxylation is 1. The van der Waals surface area contributed by atoms with Gasteiger partial charge in [-0.3, -0.25) is 0 Å². The molecule has 0 radical (unpaired) electrons. The number of para-hydroxylation sites is 1. The Bertz CT molecular complexity index is 573. The van der Waals surface area contributed by atoms with Crippen LogP contribution in [0.15, 0.2) is 30.3 Å². The fraction of sp³-hybridized carbons (Fsp3) is 0.231. The lowest BCUT2D eigenvalue weighted by Crippen LogP contribution is -2.10. The van der Waals surface area contributed by atoms with Gasteiger partial charge in [-0.25, -0.2) is 9.48 Å². The molecule has 0 atom stereocenters. The number of fused-ring (bicyclic) bond motifs is 1. The van der Waals surface area contributed by atoms with Gasteiger partial charge < -0.3 is 5.11 Å². The summed E-state index contributed by atoms with van der Waals surface area (Å²) in [7, 11) is 0. The van der Waals surface area contributed by atoms with Crippen LogP contribution in [-0.4, -0.2) is 20.9 Å². The van der Waals surface area contributed by atoms with Gasteiger partial charge in [-0.1, -0.05) is 18.2 Å². The lowest BCUT2D eigenvalue weighted by molar-refractivity contribution is 0.0686. The van der Waals surface area contributed by atoms with E-state index in [0.29, 0.717) is 5.69 Å². The summed E-state index contributed by atoms with van der Waals surface area (Å²) in [6.45, 7) is 0. The Balaban J connectivity index is 2.21. The van der Waals surface area contributed by atoms with E-state index in [-0.39, 0.29) is 0 Å². The van der Waals surface area contributed by atoms with E-state index >= 15 is 0 Å². The smallest absolute Gasteiger partial charge is 0.354 e. The Morgan fingerprint density at radius 3 is 2.71 bits per heavy atom. The van der Waals surface area contributed by atoms with Gasteiger partial charge in [-0.05, 0) is 31.4 Å². The van der Waals surface area contributed by atoms with E-state index in [9.17, 15) is 9.90 Å². The highest BCUT2D eigenvalue weighted by molar-refractivity contribution is 5.88. The number of nitrogens with zero attached hydrogens (tertiary/aromatic N) is 2. The molecule has 0 fully saturated rings. The molecule has 1 N–H and O–H groups in total. The molecule has 4 heteroatoms. The standard InChI is InChI=1S/C13H12N2O2/c16-13(17)12-10-7-4-8-11(10)14-15(12)9-5-2-1-3-6-9/h1-3,5-6H,4,7-8H2,(H,16,17). The van der Waals surface area contributed by atoms with E-state index in [1.165, 1.54) is 0 Å². The van der Waals surface area contributed by atoms with Gasteiger partial charge in [0, 0.05) is 5.56 Å². The van der Waals surface area contributed by atoms with Crippen molar-refractivity contribution in [2.75, 3.05) is 0 Å². The molecule has 2 aromatic rings. The van der Waals surface area contributed by atoms with Crippen molar-refractivity contribution < 1.29 is 9.90 Å². The Hall–Kier alpha value is -2.10. The van der Waals surface area contributed by atoms with E-state index in [1.54, 1.807) is 4.68 Å². The molecule has 3 rings (SSSR count). The Morgan fingerprint density at radius 2 is 2.00 bits per heavy atom. The highest BCUT2D eigenvalue weighted by Gasteiger charge is 2.26. The molecule has 0 unspecified atom stereocenters. The first-order valence-corrected chi connectivity index (χ1v) is 5.67. The molecule has 0 spiro atoms. The first-order valence-electron chi connectivity index (χ1n) is 5.67. The quantitative estimate of drug-likeness (QED) is 0.856. The van der Waals surface area contributed by atoms with Crippen LogP contribution in [0.25, 0.3) is 5.69 Å². The summed E-state index contributed by atoms with van der Waals surface area (Å²) in [5.74, 6) is -0.899. The second-order valence-corrected chi connectivity index (χ2v) is 4.18. The minimum absolute atomic E-state index is 0.323. The summed E-state index contributed by atoms with van der Waals surface area (Å²) in [6, 6.07) is 9.41. The van der Waals surface area contributed by atoms with E-state index in [4.69, 9.17) is 0 Å². The fourth-order valence-corrected chi connectivity index (χ4v) is 2.37. The van der Waals surface area contributed by atoms with Gasteiger partial charge in [0.15, 0.2) is 5.69 Å². The predicted molar refractivity (Wildman–Crippen MR) is 62.5 cm³/mol. The molecule has 0 aliphatic heterocycles. The zero-order valence-corrected chi connectivity index (χ0v) is 9.26. The zero-order chi connectivity index (χ0) is 11.8. The van der Waals surface area contributed by atoms with Crippen molar-refractivity contribution in [3.05, 3.63) is 47.3 Å². The second kappa shape index (κ2) is 3.73. The Kier molecular flexibility index (Phi) is 2.21. The number of benzene rings is 1. The number of aromatic nitrogens is 2. The van der Waals surface area contributed by atoms with Crippen molar-refractivity contribution in [1.82, 2.24) is 9.78 Å². The van der Waals surface area contributed by atoms with E-state index in [0.717, 1.165) is 36.2 Å². The normalized spacial score (nSPS) is 13.6. The first-order chi connectivity index (χ1) is 8.27. The Morgan fingerprint density at radius 1 is 1.24 bits per heavy atom. The van der Waals surface area contributed by atoms with Crippen LogP contribution in [0.4, 0.5) is 0 Å². The summed E-state index contributed by atoms with van der Waals surface area (Å²) in [5.41, 5.74) is 2.97. The maximum atomic E-state index is 11.4. The molecule has 4 nitrogen and oxygen atoms in total. The topological polar surface area (TPSA) is 55.1 Å². The van der Waals surface area contributed by atoms with Crippen molar-refractivity contribution in [3.8, 4) is 5.69 Å². The molecule has 0 saturated carbocycles. The second-order valence-electron chi connectivity index (χ2n) is 4.18. The molecule has 0 bridgehead atoms. The summed E-state index contributed by atoms with van der Waals surface area (Å²) >= 11 is 0. The largest absolute Gasteiger partial charge is 0.476 e. The van der Waals surface area contributed by atoms with Gasteiger partial charge in [0.05, 0.1) is 11.4 Å². The first kappa shape index (κ1) is 10.1. The number of carboxylic acid groups (broad SMARTS) is 1. The zero-order valence-electron chi connectivity index (χ0n) is 9.26. The number of hydrogen-bond donors (Lipinski definition) is 1. The minimum atomic E-state index is -0.899. The maximum absolute atomic E-state index is 11.4. The molecule has 0 saturated heterocycles. The molecule has 17 heavy (non-hydrogen) atoms. The molecular weight excluding hydrogens is 216 g/mol. The molecule has 1 aliphatic carbocycles. The van der Waals surface area contributed by atoms with E-state index in [2.05, 4.69) is 5.10 Å². The van der Waals surface area contributed by atoms with Gasteiger partial charge in [-0.15, -0.1) is 0 Å². The maximum Gasteiger partial charge on any atom is 0.354 e. The molecule has 0 amide bonds. The lowest BCUT2D eigenvalue weighted by Gasteiger charge is -2.05. The van der Waals surface area contributed by atoms with Crippen LogP contribution in [0.3, 0.4) is 0 Å². The SMILES string of the molecule is O=C(O)c1c2c(nn1-c1ccccc1)CCC2. The Labute approximate surface area is 98.5 Å². The molecule has 1 aliphatic rings. The number of rotatable bonds is 2. The number of aromatic carboxylic acids is 1. The summed E-state index contributed by atoms with van der Waals surface area (Å²) in [4.78, 5) is 11.4. The monoisotopic (exact) mass is 228 g/mol. The van der Waals surface area contributed by atoms with Gasteiger partial charge in [0.1, 0.15) is 0 Å². The average Bonchev–Trinajstić information content (AvgIpc) is 2.88. The van der Waals surface area contributed by atoms with Gasteiger partial charge >= 0.3 is 5.97 Å². The van der Waals surface area contributed by atoms with Crippen LogP contribution >= 0.6 is 0 Å². The number of hydrogen-bond acceptors (Lipinski definition) is 2. The van der Waals surface area contributed by atoms with Gasteiger partial charge in [0.25, 0.3) is 0 Å². The van der Waals surface area contributed by atoms with Crippen LogP contribution in [-0.2, 0) is 12.8 Å². The minimum Gasteiger partial charge on any atom is -0.476 e. The molecule has 86 valence electrons. The van der Waals surface area contributed by atoms with Crippen LogP contribution in [0.5, 0.6) is 0 Å². The van der Waals surface area contributed by atoms with Crippen molar-refractivity contribution in [3.63, 3.8) is 0 Å². The molecule has 1 heterocycles. The van der Waals surface area contributed by atoms with Crippen molar-refractivity contribution in [2.45, 2.75) is 19.3 Å². The lowest BCUT2D eigenvalue weighted by atomic mass is 10.2. The fourth-order valence-electron chi connectivity index (χ4n) is 2.37. The number of carboxylic acids is 1. The molecule has 1 aromatic carbocycles. The van der Waals surface area contributed by atoms with E-state index in [1.807, 2.05) is 30.3 Å². The highest BCUT2D eigenvalue weighted by atomic mass is 16.4. The van der Waals surface area contributed by atoms with Crippen LogP contribution in [0.2, 0.25) is 0 Å². The summed E-state index contributed by atoms with van der Waals surface area (Å²) in [5, 5.41) is 13.7. The van der Waals surface area contributed by atoms with Crippen molar-refractivity contribution in [2.24, 2.45) is 0 Å². The predicted octanol–water partition coefficient (Wildman–Crippen LogP) is 2.06. The van der Waals surface area contributed by atoms with Crippen LogP contribution in [0, 0.1) is 0 Å². The summed E-state index contributed by atoms with van der Waals surface area (Å²) in [6.07, 6.45) is 2.72. The third-order valence-electron chi connectivity index (χ3n) is 3.11. The third kappa shape index (κ3) is 1.53. The average molecular weight is 228 g/mol. The van der Waals surface area contributed by atoms with Crippen molar-refractivity contribution in [1.29, 1.82) is 0 Å². The highest BCUT2D eigenvalue weighted by Crippen LogP contribution is 2.26. The van der Waals surface area contributed by atoms with Crippen LogP contribution in [0.1, 0.15) is 28.2 Å².